The van der Waals surface area contributed by atoms with Crippen LogP contribution in [0.15, 0.2) is 30.3 Å². The Kier molecular flexibility index (Phi) is 4.98. The van der Waals surface area contributed by atoms with E-state index in [9.17, 15) is 0 Å². The molecule has 0 aliphatic heterocycles. The molecular formula is C13H12Cl3NOS. The molecule has 0 fully saturated rings. The summed E-state index contributed by atoms with van der Waals surface area (Å²) in [7, 11) is 0. The van der Waals surface area contributed by atoms with Gasteiger partial charge in [-0.25, -0.2) is 0 Å². The normalized spacial score (nSPS) is 14.2. The molecule has 0 spiro atoms. The summed E-state index contributed by atoms with van der Waals surface area (Å²) >= 11 is 19.5. The summed E-state index contributed by atoms with van der Waals surface area (Å²) in [6.07, 6.45) is -0.312. The first-order valence-electron chi connectivity index (χ1n) is 5.60. The van der Waals surface area contributed by atoms with Crippen molar-refractivity contribution in [3.05, 3.63) is 49.6 Å². The van der Waals surface area contributed by atoms with Crippen LogP contribution in [0.5, 0.6) is 5.75 Å². The quantitative estimate of drug-likeness (QED) is 0.835. The van der Waals surface area contributed by atoms with E-state index in [1.807, 2.05) is 19.1 Å². The summed E-state index contributed by atoms with van der Waals surface area (Å²) in [4.78, 5) is 0.955. The Labute approximate surface area is 131 Å². The Bertz CT molecular complexity index is 571. The first-order chi connectivity index (χ1) is 8.99. The second kappa shape index (κ2) is 6.33. The zero-order valence-corrected chi connectivity index (χ0v) is 13.2. The number of halogens is 3. The van der Waals surface area contributed by atoms with Gasteiger partial charge >= 0.3 is 0 Å². The SMILES string of the molecule is CC(N)C(Oc1cccc(Cl)c1Cl)c1ccc(Cl)s1. The molecule has 6 heteroatoms. The number of benzene rings is 1. The molecule has 2 nitrogen and oxygen atoms in total. The molecule has 1 heterocycles. The predicted octanol–water partition coefficient (Wildman–Crippen LogP) is 5.18. The fourth-order valence-corrected chi connectivity index (χ4v) is 3.16. The van der Waals surface area contributed by atoms with Gasteiger partial charge in [-0.2, -0.15) is 0 Å². The lowest BCUT2D eigenvalue weighted by Gasteiger charge is -2.22. The zero-order valence-electron chi connectivity index (χ0n) is 10.1. The van der Waals surface area contributed by atoms with E-state index in [4.69, 9.17) is 45.3 Å². The average Bonchev–Trinajstić information content (AvgIpc) is 2.77. The van der Waals surface area contributed by atoms with Crippen LogP contribution in [0, 0.1) is 0 Å². The minimum atomic E-state index is -0.312. The van der Waals surface area contributed by atoms with Crippen LogP contribution in [-0.4, -0.2) is 6.04 Å². The van der Waals surface area contributed by atoms with Crippen LogP contribution in [0.25, 0.3) is 0 Å². The minimum absolute atomic E-state index is 0.204. The van der Waals surface area contributed by atoms with E-state index < -0.39 is 0 Å². The van der Waals surface area contributed by atoms with Crippen molar-refractivity contribution in [1.29, 1.82) is 0 Å². The number of nitrogens with two attached hydrogens (primary N) is 1. The Balaban J connectivity index is 2.29. The summed E-state index contributed by atoms with van der Waals surface area (Å²) in [6, 6.07) is 8.77. The largest absolute Gasteiger partial charge is 0.482 e. The van der Waals surface area contributed by atoms with Gasteiger partial charge in [-0.05, 0) is 31.2 Å². The number of rotatable bonds is 4. The molecular weight excluding hydrogens is 325 g/mol. The van der Waals surface area contributed by atoms with Crippen molar-refractivity contribution < 1.29 is 4.74 Å². The van der Waals surface area contributed by atoms with Crippen molar-refractivity contribution in [1.82, 2.24) is 0 Å². The van der Waals surface area contributed by atoms with Crippen LogP contribution in [-0.2, 0) is 0 Å². The van der Waals surface area contributed by atoms with Crippen LogP contribution in [0.2, 0.25) is 14.4 Å². The van der Waals surface area contributed by atoms with Crippen LogP contribution < -0.4 is 10.5 Å². The molecule has 1 aromatic carbocycles. The van der Waals surface area contributed by atoms with Gasteiger partial charge in [0, 0.05) is 10.9 Å². The van der Waals surface area contributed by atoms with Crippen LogP contribution in [0.3, 0.4) is 0 Å². The van der Waals surface area contributed by atoms with Gasteiger partial charge in [-0.1, -0.05) is 40.9 Å². The van der Waals surface area contributed by atoms with Gasteiger partial charge < -0.3 is 10.5 Å². The molecule has 0 amide bonds. The average molecular weight is 337 g/mol. The maximum absolute atomic E-state index is 6.11. The molecule has 0 bridgehead atoms. The van der Waals surface area contributed by atoms with Gasteiger partial charge in [0.05, 0.1) is 9.36 Å². The molecule has 2 rings (SSSR count). The molecule has 2 N–H and O–H groups in total. The van der Waals surface area contributed by atoms with E-state index in [0.717, 1.165) is 4.88 Å². The van der Waals surface area contributed by atoms with Gasteiger partial charge in [0.2, 0.25) is 0 Å². The lowest BCUT2D eigenvalue weighted by Crippen LogP contribution is -2.28. The topological polar surface area (TPSA) is 35.2 Å². The van der Waals surface area contributed by atoms with Crippen molar-refractivity contribution in [3.63, 3.8) is 0 Å². The van der Waals surface area contributed by atoms with E-state index in [-0.39, 0.29) is 12.1 Å². The Morgan fingerprint density at radius 2 is 1.89 bits per heavy atom. The van der Waals surface area contributed by atoms with E-state index in [1.165, 1.54) is 11.3 Å². The Hall–Kier alpha value is -0.450. The smallest absolute Gasteiger partial charge is 0.148 e. The zero-order chi connectivity index (χ0) is 14.0. The molecule has 0 aliphatic carbocycles. The standard InChI is InChI=1S/C13H12Cl3NOS/c1-7(17)13(10-5-6-11(15)19-10)18-9-4-2-3-8(14)12(9)16/h2-7,13H,17H2,1H3. The van der Waals surface area contributed by atoms with Crippen molar-refractivity contribution in [2.75, 3.05) is 0 Å². The Morgan fingerprint density at radius 1 is 1.16 bits per heavy atom. The molecule has 0 saturated carbocycles. The molecule has 0 radical (unpaired) electrons. The van der Waals surface area contributed by atoms with Crippen molar-refractivity contribution in [2.24, 2.45) is 5.73 Å². The molecule has 0 aliphatic rings. The number of ether oxygens (including phenoxy) is 1. The highest BCUT2D eigenvalue weighted by Crippen LogP contribution is 2.37. The first kappa shape index (κ1) is 14.9. The van der Waals surface area contributed by atoms with Gasteiger partial charge in [0.1, 0.15) is 16.9 Å². The van der Waals surface area contributed by atoms with Gasteiger partial charge in [0.15, 0.2) is 0 Å². The van der Waals surface area contributed by atoms with Gasteiger partial charge in [0.25, 0.3) is 0 Å². The molecule has 19 heavy (non-hydrogen) atoms. The molecule has 102 valence electrons. The van der Waals surface area contributed by atoms with Crippen molar-refractivity contribution in [2.45, 2.75) is 19.1 Å². The number of thiophene rings is 1. The first-order valence-corrected chi connectivity index (χ1v) is 7.55. The third-order valence-corrected chi connectivity index (χ3v) is 4.62. The number of hydrogen-bond acceptors (Lipinski definition) is 3. The summed E-state index contributed by atoms with van der Waals surface area (Å²) in [6.45, 7) is 1.87. The molecule has 0 saturated heterocycles. The third-order valence-electron chi connectivity index (χ3n) is 2.52. The summed E-state index contributed by atoms with van der Waals surface area (Å²) < 4.78 is 6.59. The fourth-order valence-electron chi connectivity index (χ4n) is 1.62. The monoisotopic (exact) mass is 335 g/mol. The Morgan fingerprint density at radius 3 is 2.47 bits per heavy atom. The molecule has 2 atom stereocenters. The number of hydrogen-bond donors (Lipinski definition) is 1. The van der Waals surface area contributed by atoms with E-state index in [2.05, 4.69) is 0 Å². The van der Waals surface area contributed by atoms with E-state index in [0.29, 0.717) is 20.1 Å². The molecule has 2 unspecified atom stereocenters. The van der Waals surface area contributed by atoms with Crippen molar-refractivity contribution >= 4 is 46.1 Å². The summed E-state index contributed by atoms with van der Waals surface area (Å²) in [5, 5.41) is 0.837. The third kappa shape index (κ3) is 3.56. The lowest BCUT2D eigenvalue weighted by atomic mass is 10.1. The van der Waals surface area contributed by atoms with Crippen LogP contribution in [0.1, 0.15) is 17.9 Å². The van der Waals surface area contributed by atoms with Crippen LogP contribution in [0.4, 0.5) is 0 Å². The second-order valence-electron chi connectivity index (χ2n) is 4.09. The fraction of sp³-hybridized carbons (Fsp3) is 0.231. The summed E-state index contributed by atoms with van der Waals surface area (Å²) in [5.41, 5.74) is 5.98. The summed E-state index contributed by atoms with van der Waals surface area (Å²) in [5.74, 6) is 0.515. The second-order valence-corrected chi connectivity index (χ2v) is 6.62. The van der Waals surface area contributed by atoms with E-state index in [1.54, 1.807) is 18.2 Å². The van der Waals surface area contributed by atoms with Gasteiger partial charge in [-0.15, -0.1) is 11.3 Å². The van der Waals surface area contributed by atoms with Gasteiger partial charge in [-0.3, -0.25) is 0 Å². The highest BCUT2D eigenvalue weighted by molar-refractivity contribution is 7.16. The van der Waals surface area contributed by atoms with Crippen LogP contribution >= 0.6 is 46.1 Å². The van der Waals surface area contributed by atoms with Crippen molar-refractivity contribution in [3.8, 4) is 5.75 Å². The molecule has 2 aromatic rings. The highest BCUT2D eigenvalue weighted by atomic mass is 35.5. The predicted molar refractivity (Wildman–Crippen MR) is 82.8 cm³/mol. The van der Waals surface area contributed by atoms with E-state index >= 15 is 0 Å². The lowest BCUT2D eigenvalue weighted by molar-refractivity contribution is 0.184. The minimum Gasteiger partial charge on any atom is -0.482 e. The maximum Gasteiger partial charge on any atom is 0.148 e. The highest BCUT2D eigenvalue weighted by Gasteiger charge is 2.21. The maximum atomic E-state index is 6.11. The molecule has 1 aromatic heterocycles.